The van der Waals surface area contributed by atoms with Crippen molar-refractivity contribution in [1.29, 1.82) is 0 Å². The van der Waals surface area contributed by atoms with Crippen LogP contribution in [0.3, 0.4) is 0 Å². The molecule has 2 rings (SSSR count). The number of para-hydroxylation sites is 1. The minimum atomic E-state index is -0.766. The first kappa shape index (κ1) is 15.0. The summed E-state index contributed by atoms with van der Waals surface area (Å²) in [5.41, 5.74) is 6.44. The van der Waals surface area contributed by atoms with E-state index in [9.17, 15) is 9.18 Å². The zero-order valence-electron chi connectivity index (χ0n) is 11.7. The van der Waals surface area contributed by atoms with Gasteiger partial charge in [0.25, 0.3) is 5.91 Å². The molecule has 1 amide bonds. The van der Waals surface area contributed by atoms with Crippen molar-refractivity contribution in [3.8, 4) is 5.75 Å². The molecule has 110 valence electrons. The van der Waals surface area contributed by atoms with Crippen molar-refractivity contribution in [3.05, 3.63) is 59.9 Å². The van der Waals surface area contributed by atoms with Crippen LogP contribution in [0.1, 0.15) is 12.5 Å². The van der Waals surface area contributed by atoms with Gasteiger partial charge >= 0.3 is 0 Å². The van der Waals surface area contributed by atoms with E-state index in [-0.39, 0.29) is 23.8 Å². The Labute approximate surface area is 122 Å². The van der Waals surface area contributed by atoms with Crippen molar-refractivity contribution in [2.75, 3.05) is 5.32 Å². The fourth-order valence-corrected chi connectivity index (χ4v) is 1.86. The van der Waals surface area contributed by atoms with Gasteiger partial charge in [0, 0.05) is 17.8 Å². The number of carbonyl (C=O) groups excluding carboxylic acids is 1. The number of amides is 1. The maximum absolute atomic E-state index is 13.6. The van der Waals surface area contributed by atoms with Crippen LogP contribution in [0.5, 0.6) is 5.75 Å². The summed E-state index contributed by atoms with van der Waals surface area (Å²) in [6, 6.07) is 13.5. The van der Waals surface area contributed by atoms with Gasteiger partial charge in [-0.05, 0) is 31.2 Å². The van der Waals surface area contributed by atoms with Crippen LogP contribution < -0.4 is 15.8 Å². The van der Waals surface area contributed by atoms with Crippen molar-refractivity contribution in [1.82, 2.24) is 0 Å². The van der Waals surface area contributed by atoms with E-state index in [0.717, 1.165) is 0 Å². The highest BCUT2D eigenvalue weighted by Crippen LogP contribution is 2.22. The molecule has 4 nitrogen and oxygen atoms in total. The SMILES string of the molecule is CC(Oc1cccc(F)c1CN)C(=O)Nc1ccccc1. The number of hydrogen-bond acceptors (Lipinski definition) is 3. The average Bonchev–Trinajstić information content (AvgIpc) is 2.48. The number of benzene rings is 2. The number of anilines is 1. The normalized spacial score (nSPS) is 11.8. The number of halogens is 1. The molecule has 0 bridgehead atoms. The van der Waals surface area contributed by atoms with Gasteiger partial charge in [0.1, 0.15) is 11.6 Å². The molecule has 0 saturated heterocycles. The second-order valence-electron chi connectivity index (χ2n) is 4.54. The molecule has 0 saturated carbocycles. The molecule has 0 heterocycles. The molecule has 0 aliphatic carbocycles. The number of rotatable bonds is 5. The van der Waals surface area contributed by atoms with E-state index in [1.165, 1.54) is 12.1 Å². The summed E-state index contributed by atoms with van der Waals surface area (Å²) in [7, 11) is 0. The van der Waals surface area contributed by atoms with E-state index in [2.05, 4.69) is 5.32 Å². The summed E-state index contributed by atoms with van der Waals surface area (Å²) in [4.78, 5) is 12.0. The van der Waals surface area contributed by atoms with Crippen molar-refractivity contribution in [2.45, 2.75) is 19.6 Å². The predicted octanol–water partition coefficient (Wildman–Crippen LogP) is 2.69. The molecule has 0 aliphatic heterocycles. The smallest absolute Gasteiger partial charge is 0.265 e. The maximum Gasteiger partial charge on any atom is 0.265 e. The Morgan fingerprint density at radius 3 is 2.62 bits per heavy atom. The minimum absolute atomic E-state index is 0.00896. The van der Waals surface area contributed by atoms with Crippen molar-refractivity contribution in [2.24, 2.45) is 5.73 Å². The molecule has 0 aliphatic rings. The quantitative estimate of drug-likeness (QED) is 0.889. The highest BCUT2D eigenvalue weighted by Gasteiger charge is 2.17. The summed E-state index contributed by atoms with van der Waals surface area (Å²) in [6.45, 7) is 1.61. The highest BCUT2D eigenvalue weighted by atomic mass is 19.1. The molecular formula is C16H17FN2O2. The van der Waals surface area contributed by atoms with E-state index in [0.29, 0.717) is 5.69 Å². The third kappa shape index (κ3) is 3.79. The van der Waals surface area contributed by atoms with E-state index >= 15 is 0 Å². The van der Waals surface area contributed by atoms with E-state index < -0.39 is 11.9 Å². The van der Waals surface area contributed by atoms with Crippen molar-refractivity contribution in [3.63, 3.8) is 0 Å². The first-order valence-electron chi connectivity index (χ1n) is 6.62. The monoisotopic (exact) mass is 288 g/mol. The number of ether oxygens (including phenoxy) is 1. The maximum atomic E-state index is 13.6. The fourth-order valence-electron chi connectivity index (χ4n) is 1.86. The van der Waals surface area contributed by atoms with Gasteiger partial charge in [0.15, 0.2) is 6.10 Å². The number of nitrogens with two attached hydrogens (primary N) is 1. The third-order valence-corrected chi connectivity index (χ3v) is 2.99. The van der Waals surface area contributed by atoms with E-state index in [1.807, 2.05) is 18.2 Å². The van der Waals surface area contributed by atoms with Crippen LogP contribution in [0.15, 0.2) is 48.5 Å². The topological polar surface area (TPSA) is 64.3 Å². The molecule has 2 aromatic rings. The van der Waals surface area contributed by atoms with Crippen LogP contribution in [0.2, 0.25) is 0 Å². The Hall–Kier alpha value is -2.40. The van der Waals surface area contributed by atoms with Gasteiger partial charge in [-0.2, -0.15) is 0 Å². The van der Waals surface area contributed by atoms with Gasteiger partial charge in [-0.15, -0.1) is 0 Å². The molecular weight excluding hydrogens is 271 g/mol. The standard InChI is InChI=1S/C16H17FN2O2/c1-11(16(20)19-12-6-3-2-4-7-12)21-15-9-5-8-14(17)13(15)10-18/h2-9,11H,10,18H2,1H3,(H,19,20). The zero-order chi connectivity index (χ0) is 15.2. The first-order chi connectivity index (χ1) is 10.1. The summed E-state index contributed by atoms with van der Waals surface area (Å²) in [6.07, 6.45) is -0.766. The molecule has 2 aromatic carbocycles. The Morgan fingerprint density at radius 1 is 1.24 bits per heavy atom. The molecule has 1 atom stereocenters. The number of nitrogens with one attached hydrogen (secondary N) is 1. The van der Waals surface area contributed by atoms with Gasteiger partial charge in [-0.3, -0.25) is 4.79 Å². The van der Waals surface area contributed by atoms with Gasteiger partial charge in [-0.1, -0.05) is 24.3 Å². The van der Waals surface area contributed by atoms with Gasteiger partial charge in [0.05, 0.1) is 0 Å². The Kier molecular flexibility index (Phi) is 4.90. The van der Waals surface area contributed by atoms with E-state index in [4.69, 9.17) is 10.5 Å². The first-order valence-corrected chi connectivity index (χ1v) is 6.62. The lowest BCUT2D eigenvalue weighted by molar-refractivity contribution is -0.122. The summed E-state index contributed by atoms with van der Waals surface area (Å²) >= 11 is 0. The van der Waals surface area contributed by atoms with Crippen LogP contribution in [-0.4, -0.2) is 12.0 Å². The lowest BCUT2D eigenvalue weighted by Crippen LogP contribution is -2.30. The van der Waals surface area contributed by atoms with Gasteiger partial charge in [-0.25, -0.2) is 4.39 Å². The molecule has 5 heteroatoms. The molecule has 0 radical (unpaired) electrons. The lowest BCUT2D eigenvalue weighted by atomic mass is 10.2. The minimum Gasteiger partial charge on any atom is -0.480 e. The van der Waals surface area contributed by atoms with Crippen LogP contribution in [0.4, 0.5) is 10.1 Å². The summed E-state index contributed by atoms with van der Waals surface area (Å²) < 4.78 is 19.1. The molecule has 3 N–H and O–H groups in total. The molecule has 0 fully saturated rings. The molecule has 0 spiro atoms. The molecule has 1 unspecified atom stereocenters. The van der Waals surface area contributed by atoms with Crippen molar-refractivity contribution < 1.29 is 13.9 Å². The van der Waals surface area contributed by atoms with E-state index in [1.54, 1.807) is 25.1 Å². The predicted molar refractivity (Wildman–Crippen MR) is 79.5 cm³/mol. The Bertz CT molecular complexity index is 617. The Morgan fingerprint density at radius 2 is 1.95 bits per heavy atom. The summed E-state index contributed by atoms with van der Waals surface area (Å²) in [5.74, 6) is -0.465. The van der Waals surface area contributed by atoms with Crippen LogP contribution in [0, 0.1) is 5.82 Å². The number of hydrogen-bond donors (Lipinski definition) is 2. The fraction of sp³-hybridized carbons (Fsp3) is 0.188. The van der Waals surface area contributed by atoms with Gasteiger partial charge < -0.3 is 15.8 Å². The van der Waals surface area contributed by atoms with Crippen LogP contribution >= 0.6 is 0 Å². The zero-order valence-corrected chi connectivity index (χ0v) is 11.7. The Balaban J connectivity index is 2.06. The second-order valence-corrected chi connectivity index (χ2v) is 4.54. The number of carbonyl (C=O) groups is 1. The van der Waals surface area contributed by atoms with Crippen LogP contribution in [0.25, 0.3) is 0 Å². The van der Waals surface area contributed by atoms with Gasteiger partial charge in [0.2, 0.25) is 0 Å². The highest BCUT2D eigenvalue weighted by molar-refractivity contribution is 5.94. The largest absolute Gasteiger partial charge is 0.480 e. The average molecular weight is 288 g/mol. The van der Waals surface area contributed by atoms with Crippen molar-refractivity contribution >= 4 is 11.6 Å². The summed E-state index contributed by atoms with van der Waals surface area (Å²) in [5, 5.41) is 2.73. The lowest BCUT2D eigenvalue weighted by Gasteiger charge is -2.17. The molecule has 21 heavy (non-hydrogen) atoms. The molecule has 0 aromatic heterocycles. The third-order valence-electron chi connectivity index (χ3n) is 2.99. The second kappa shape index (κ2) is 6.85. The van der Waals surface area contributed by atoms with Crippen LogP contribution in [-0.2, 0) is 11.3 Å².